The molecule has 0 aliphatic rings. The van der Waals surface area contributed by atoms with Crippen LogP contribution in [0.15, 0.2) is 41.3 Å². The van der Waals surface area contributed by atoms with Gasteiger partial charge in [0.05, 0.1) is 24.5 Å². The van der Waals surface area contributed by atoms with Crippen molar-refractivity contribution in [3.63, 3.8) is 0 Å². The van der Waals surface area contributed by atoms with Crippen LogP contribution in [0.1, 0.15) is 24.8 Å². The number of unbranched alkanes of at least 4 members (excludes halogenated alkanes) is 2. The van der Waals surface area contributed by atoms with Gasteiger partial charge in [0, 0.05) is 13.0 Å². The van der Waals surface area contributed by atoms with Gasteiger partial charge in [0.2, 0.25) is 0 Å². The summed E-state index contributed by atoms with van der Waals surface area (Å²) in [6, 6.07) is 11.7. The van der Waals surface area contributed by atoms with Gasteiger partial charge in [0.15, 0.2) is 0 Å². The number of aromatic nitrogens is 2. The molecule has 0 saturated carbocycles. The summed E-state index contributed by atoms with van der Waals surface area (Å²) in [5.41, 5.74) is 1.21. The zero-order chi connectivity index (χ0) is 15.8. The van der Waals surface area contributed by atoms with Crippen molar-refractivity contribution in [3.8, 4) is 6.07 Å². The lowest BCUT2D eigenvalue weighted by atomic mass is 10.2. The van der Waals surface area contributed by atoms with Gasteiger partial charge in [-0.3, -0.25) is 4.79 Å². The van der Waals surface area contributed by atoms with Crippen LogP contribution in [0.5, 0.6) is 0 Å². The van der Waals surface area contributed by atoms with Crippen LogP contribution in [0, 0.1) is 11.3 Å². The summed E-state index contributed by atoms with van der Waals surface area (Å²) in [5, 5.41) is 15.9. The number of hydrogen-bond acceptors (Lipinski definition) is 4. The van der Waals surface area contributed by atoms with Crippen LogP contribution in [0.2, 0.25) is 5.02 Å². The maximum Gasteiger partial charge on any atom is 0.287 e. The van der Waals surface area contributed by atoms with Gasteiger partial charge >= 0.3 is 0 Å². The Morgan fingerprint density at radius 3 is 2.77 bits per heavy atom. The fourth-order valence-electron chi connectivity index (χ4n) is 2.01. The van der Waals surface area contributed by atoms with Gasteiger partial charge in [-0.25, -0.2) is 4.68 Å². The lowest BCUT2D eigenvalue weighted by Crippen LogP contribution is -2.25. The largest absolute Gasteiger partial charge is 0.382 e. The number of anilines is 1. The highest BCUT2D eigenvalue weighted by Gasteiger charge is 2.09. The number of hydrogen-bond donors (Lipinski definition) is 1. The van der Waals surface area contributed by atoms with Crippen molar-refractivity contribution in [2.45, 2.75) is 25.8 Å². The Labute approximate surface area is 134 Å². The Bertz CT molecular complexity index is 706. The molecule has 0 fully saturated rings. The Morgan fingerprint density at radius 1 is 1.27 bits per heavy atom. The van der Waals surface area contributed by atoms with Crippen LogP contribution in [0.4, 0.5) is 5.69 Å². The van der Waals surface area contributed by atoms with Crippen LogP contribution < -0.4 is 10.9 Å². The molecule has 5 nitrogen and oxygen atoms in total. The van der Waals surface area contributed by atoms with Crippen molar-refractivity contribution < 1.29 is 0 Å². The second kappa shape index (κ2) is 8.20. The lowest BCUT2D eigenvalue weighted by molar-refractivity contribution is 0.639. The highest BCUT2D eigenvalue weighted by molar-refractivity contribution is 6.32. The molecule has 1 aromatic heterocycles. The number of halogens is 1. The van der Waals surface area contributed by atoms with Crippen LogP contribution in [0.25, 0.3) is 0 Å². The van der Waals surface area contributed by atoms with Crippen LogP contribution in [0.3, 0.4) is 0 Å². The molecule has 0 bridgehead atoms. The molecule has 0 aliphatic carbocycles. The Morgan fingerprint density at radius 2 is 2.05 bits per heavy atom. The maximum absolute atomic E-state index is 12.2. The van der Waals surface area contributed by atoms with E-state index in [9.17, 15) is 4.79 Å². The second-order valence-electron chi connectivity index (χ2n) is 4.86. The highest BCUT2D eigenvalue weighted by Crippen LogP contribution is 2.15. The molecule has 1 heterocycles. The van der Waals surface area contributed by atoms with Gasteiger partial charge in [0.1, 0.15) is 5.02 Å². The number of nitriles is 1. The molecule has 6 heteroatoms. The summed E-state index contributed by atoms with van der Waals surface area (Å²) in [4.78, 5) is 12.2. The molecule has 0 amide bonds. The van der Waals surface area contributed by atoms with Crippen molar-refractivity contribution in [3.05, 3.63) is 57.5 Å². The van der Waals surface area contributed by atoms with Crippen LogP contribution in [-0.4, -0.2) is 16.3 Å². The van der Waals surface area contributed by atoms with Gasteiger partial charge in [0.25, 0.3) is 5.56 Å². The summed E-state index contributed by atoms with van der Waals surface area (Å²) in [6.07, 6.45) is 3.76. The third-order valence-corrected chi connectivity index (χ3v) is 3.56. The summed E-state index contributed by atoms with van der Waals surface area (Å²) in [6.45, 7) is 1.05. The molecule has 2 rings (SSSR count). The minimum Gasteiger partial charge on any atom is -0.382 e. The van der Waals surface area contributed by atoms with Crippen molar-refractivity contribution in [2.24, 2.45) is 0 Å². The maximum atomic E-state index is 12.2. The predicted octanol–water partition coefficient (Wildman–Crippen LogP) is 3.05. The number of benzene rings is 1. The molecule has 0 atom stereocenters. The Balaban J connectivity index is 2.02. The number of nitrogens with zero attached hydrogens (tertiary/aromatic N) is 3. The van der Waals surface area contributed by atoms with E-state index >= 15 is 0 Å². The van der Waals surface area contributed by atoms with E-state index < -0.39 is 0 Å². The fraction of sp³-hybridized carbons (Fsp3) is 0.312. The lowest BCUT2D eigenvalue weighted by Gasteiger charge is -2.10. The summed E-state index contributed by atoms with van der Waals surface area (Å²) < 4.78 is 1.35. The van der Waals surface area contributed by atoms with E-state index in [0.717, 1.165) is 18.4 Å². The molecule has 0 unspecified atom stereocenters. The van der Waals surface area contributed by atoms with E-state index in [2.05, 4.69) is 16.5 Å². The van der Waals surface area contributed by atoms with Crippen LogP contribution in [-0.2, 0) is 6.54 Å². The molecule has 0 aliphatic heterocycles. The monoisotopic (exact) mass is 316 g/mol. The third kappa shape index (κ3) is 4.34. The summed E-state index contributed by atoms with van der Waals surface area (Å²) in [7, 11) is 0. The van der Waals surface area contributed by atoms with Crippen molar-refractivity contribution >= 4 is 17.3 Å². The van der Waals surface area contributed by atoms with Gasteiger partial charge < -0.3 is 5.32 Å². The smallest absolute Gasteiger partial charge is 0.287 e. The standard InChI is InChI=1S/C16H17ClN4O/c17-15-14(19-10-6-2-5-9-18)11-20-21(16(15)22)12-13-7-3-1-4-8-13/h1,3-4,7-8,11,19H,2,5-6,10,12H2. The SMILES string of the molecule is N#CCCCCNc1cnn(Cc2ccccc2)c(=O)c1Cl. The molecular weight excluding hydrogens is 300 g/mol. The topological polar surface area (TPSA) is 70.7 Å². The Hall–Kier alpha value is -2.32. The molecule has 22 heavy (non-hydrogen) atoms. The van der Waals surface area contributed by atoms with Gasteiger partial charge in [-0.2, -0.15) is 10.4 Å². The Kier molecular flexibility index (Phi) is 5.99. The minimum atomic E-state index is -0.312. The van der Waals surface area contributed by atoms with Gasteiger partial charge in [-0.15, -0.1) is 0 Å². The van der Waals surface area contributed by atoms with E-state index in [1.54, 1.807) is 6.20 Å². The first kappa shape index (κ1) is 16.1. The first-order chi connectivity index (χ1) is 10.7. The summed E-state index contributed by atoms with van der Waals surface area (Å²) >= 11 is 6.12. The predicted molar refractivity (Wildman–Crippen MR) is 87.0 cm³/mol. The number of rotatable bonds is 7. The molecular formula is C16H17ClN4O. The van der Waals surface area contributed by atoms with E-state index in [-0.39, 0.29) is 10.6 Å². The van der Waals surface area contributed by atoms with Crippen LogP contribution >= 0.6 is 11.6 Å². The molecule has 0 spiro atoms. The first-order valence-corrected chi connectivity index (χ1v) is 7.50. The first-order valence-electron chi connectivity index (χ1n) is 7.12. The zero-order valence-electron chi connectivity index (χ0n) is 12.1. The van der Waals surface area contributed by atoms with Crippen molar-refractivity contribution in [1.82, 2.24) is 9.78 Å². The summed E-state index contributed by atoms with van der Waals surface area (Å²) in [5.74, 6) is 0. The molecule has 114 valence electrons. The van der Waals surface area contributed by atoms with E-state index in [1.807, 2.05) is 30.3 Å². The van der Waals surface area contributed by atoms with E-state index in [0.29, 0.717) is 25.2 Å². The minimum absolute atomic E-state index is 0.145. The van der Waals surface area contributed by atoms with Crippen molar-refractivity contribution in [2.75, 3.05) is 11.9 Å². The number of nitrogens with one attached hydrogen (secondary N) is 1. The molecule has 2 aromatic rings. The normalized spacial score (nSPS) is 10.2. The zero-order valence-corrected chi connectivity index (χ0v) is 12.9. The average Bonchev–Trinajstić information content (AvgIpc) is 2.54. The molecule has 0 radical (unpaired) electrons. The fourth-order valence-corrected chi connectivity index (χ4v) is 2.22. The van der Waals surface area contributed by atoms with E-state index in [4.69, 9.17) is 16.9 Å². The third-order valence-electron chi connectivity index (χ3n) is 3.19. The molecule has 1 aromatic carbocycles. The van der Waals surface area contributed by atoms with Gasteiger partial charge in [-0.05, 0) is 18.4 Å². The molecule has 1 N–H and O–H groups in total. The highest BCUT2D eigenvalue weighted by atomic mass is 35.5. The molecule has 0 saturated heterocycles. The van der Waals surface area contributed by atoms with Crippen molar-refractivity contribution in [1.29, 1.82) is 5.26 Å². The van der Waals surface area contributed by atoms with E-state index in [1.165, 1.54) is 4.68 Å². The second-order valence-corrected chi connectivity index (χ2v) is 5.24. The van der Waals surface area contributed by atoms with Gasteiger partial charge in [-0.1, -0.05) is 41.9 Å². The average molecular weight is 317 g/mol. The quantitative estimate of drug-likeness (QED) is 0.797.